The second kappa shape index (κ2) is 5.61. The van der Waals surface area contributed by atoms with Crippen molar-refractivity contribution >= 4 is 10.9 Å². The van der Waals surface area contributed by atoms with Gasteiger partial charge in [-0.15, -0.1) is 0 Å². The second-order valence-electron chi connectivity index (χ2n) is 4.71. The smallest absolute Gasteiger partial charge is 0.0705 e. The monoisotopic (exact) mass is 248 g/mol. The van der Waals surface area contributed by atoms with E-state index in [9.17, 15) is 0 Å². The summed E-state index contributed by atoms with van der Waals surface area (Å²) >= 11 is 0. The first kappa shape index (κ1) is 11.8. The normalized spacial score (nSPS) is 10.7. The average Bonchev–Trinajstić information content (AvgIpc) is 2.48. The maximum absolute atomic E-state index is 4.69. The van der Waals surface area contributed by atoms with Gasteiger partial charge in [-0.25, -0.2) is 0 Å². The van der Waals surface area contributed by atoms with Crippen molar-refractivity contribution in [1.82, 2.24) is 9.97 Å². The second-order valence-corrected chi connectivity index (χ2v) is 4.71. The molecule has 2 aromatic heterocycles. The third kappa shape index (κ3) is 2.97. The summed E-state index contributed by atoms with van der Waals surface area (Å²) in [5.41, 5.74) is 3.55. The van der Waals surface area contributed by atoms with Crippen LogP contribution in [0.2, 0.25) is 0 Å². The number of pyridine rings is 2. The molecule has 0 saturated carbocycles. The first-order valence-corrected chi connectivity index (χ1v) is 6.65. The summed E-state index contributed by atoms with van der Waals surface area (Å²) in [5.74, 6) is 0. The summed E-state index contributed by atoms with van der Waals surface area (Å²) in [6.07, 6.45) is 6.93. The summed E-state index contributed by atoms with van der Waals surface area (Å²) in [5, 5.41) is 1.21. The summed E-state index contributed by atoms with van der Waals surface area (Å²) in [6.45, 7) is 0. The maximum atomic E-state index is 4.69. The van der Waals surface area contributed by atoms with Crippen LogP contribution in [0, 0.1) is 0 Å². The molecular weight excluding hydrogens is 232 g/mol. The van der Waals surface area contributed by atoms with Gasteiger partial charge in [-0.1, -0.05) is 30.3 Å². The van der Waals surface area contributed by atoms with E-state index >= 15 is 0 Å². The number of benzene rings is 1. The van der Waals surface area contributed by atoms with Gasteiger partial charge in [0.05, 0.1) is 5.52 Å². The highest BCUT2D eigenvalue weighted by atomic mass is 14.7. The van der Waals surface area contributed by atoms with Gasteiger partial charge >= 0.3 is 0 Å². The first-order chi connectivity index (χ1) is 9.42. The van der Waals surface area contributed by atoms with Gasteiger partial charge in [0.15, 0.2) is 0 Å². The summed E-state index contributed by atoms with van der Waals surface area (Å²) < 4.78 is 0. The van der Waals surface area contributed by atoms with E-state index in [1.807, 2.05) is 30.6 Å². The first-order valence-electron chi connectivity index (χ1n) is 6.65. The molecule has 0 atom stereocenters. The summed E-state index contributed by atoms with van der Waals surface area (Å²) in [7, 11) is 0. The van der Waals surface area contributed by atoms with Crippen molar-refractivity contribution in [3.63, 3.8) is 0 Å². The lowest BCUT2D eigenvalue weighted by molar-refractivity contribution is 0.800. The minimum absolute atomic E-state index is 1.01. The van der Waals surface area contributed by atoms with Crippen LogP contribution in [0.4, 0.5) is 0 Å². The molecule has 0 aliphatic carbocycles. The minimum atomic E-state index is 1.01. The number of para-hydroxylation sites is 1. The number of hydrogen-bond acceptors (Lipinski definition) is 2. The van der Waals surface area contributed by atoms with E-state index in [0.29, 0.717) is 0 Å². The SMILES string of the molecule is c1cncc(CCCc2ccc3ccccc3n2)c1. The van der Waals surface area contributed by atoms with Gasteiger partial charge in [-0.05, 0) is 43.0 Å². The Balaban J connectivity index is 1.65. The number of rotatable bonds is 4. The van der Waals surface area contributed by atoms with Crippen molar-refractivity contribution in [2.45, 2.75) is 19.3 Å². The Morgan fingerprint density at radius 3 is 2.68 bits per heavy atom. The van der Waals surface area contributed by atoms with Crippen LogP contribution in [-0.2, 0) is 12.8 Å². The van der Waals surface area contributed by atoms with Crippen molar-refractivity contribution < 1.29 is 0 Å². The van der Waals surface area contributed by atoms with Crippen molar-refractivity contribution in [3.05, 3.63) is 72.2 Å². The number of hydrogen-bond donors (Lipinski definition) is 0. The van der Waals surface area contributed by atoms with E-state index in [1.54, 1.807) is 0 Å². The number of fused-ring (bicyclic) bond motifs is 1. The van der Waals surface area contributed by atoms with Gasteiger partial charge in [0.1, 0.15) is 0 Å². The van der Waals surface area contributed by atoms with Crippen LogP contribution in [0.25, 0.3) is 10.9 Å². The lowest BCUT2D eigenvalue weighted by Crippen LogP contribution is -1.93. The van der Waals surface area contributed by atoms with Crippen LogP contribution in [0.5, 0.6) is 0 Å². The van der Waals surface area contributed by atoms with Crippen molar-refractivity contribution in [2.75, 3.05) is 0 Å². The molecule has 0 radical (unpaired) electrons. The number of nitrogens with zero attached hydrogens (tertiary/aromatic N) is 2. The molecule has 0 amide bonds. The van der Waals surface area contributed by atoms with Gasteiger partial charge in [0.25, 0.3) is 0 Å². The number of aromatic nitrogens is 2. The predicted molar refractivity (Wildman–Crippen MR) is 78.0 cm³/mol. The highest BCUT2D eigenvalue weighted by molar-refractivity contribution is 5.78. The van der Waals surface area contributed by atoms with Crippen LogP contribution >= 0.6 is 0 Å². The standard InChI is InChI=1S/C17H16N2/c1-2-9-17-15(7-1)10-11-16(19-17)8-3-5-14-6-4-12-18-13-14/h1-2,4,6-7,9-13H,3,5,8H2. The zero-order chi connectivity index (χ0) is 12.9. The molecule has 94 valence electrons. The minimum Gasteiger partial charge on any atom is -0.264 e. The quantitative estimate of drug-likeness (QED) is 0.701. The Hall–Kier alpha value is -2.22. The highest BCUT2D eigenvalue weighted by Crippen LogP contribution is 2.13. The van der Waals surface area contributed by atoms with Crippen molar-refractivity contribution in [1.29, 1.82) is 0 Å². The Morgan fingerprint density at radius 1 is 0.842 bits per heavy atom. The van der Waals surface area contributed by atoms with Gasteiger partial charge < -0.3 is 0 Å². The maximum Gasteiger partial charge on any atom is 0.0705 e. The highest BCUT2D eigenvalue weighted by Gasteiger charge is 1.99. The van der Waals surface area contributed by atoms with E-state index in [4.69, 9.17) is 4.98 Å². The molecule has 0 saturated heterocycles. The Morgan fingerprint density at radius 2 is 1.79 bits per heavy atom. The average molecular weight is 248 g/mol. The molecule has 2 nitrogen and oxygen atoms in total. The van der Waals surface area contributed by atoms with Crippen LogP contribution in [0.15, 0.2) is 60.9 Å². The molecule has 3 rings (SSSR count). The van der Waals surface area contributed by atoms with Gasteiger partial charge in [0.2, 0.25) is 0 Å². The molecular formula is C17H16N2. The lowest BCUT2D eigenvalue weighted by atomic mass is 10.1. The largest absolute Gasteiger partial charge is 0.264 e. The molecule has 0 fully saturated rings. The zero-order valence-electron chi connectivity index (χ0n) is 10.8. The predicted octanol–water partition coefficient (Wildman–Crippen LogP) is 3.81. The molecule has 0 aliphatic heterocycles. The third-order valence-electron chi connectivity index (χ3n) is 3.28. The molecule has 0 aliphatic rings. The molecule has 3 aromatic rings. The van der Waals surface area contributed by atoms with E-state index in [-0.39, 0.29) is 0 Å². The fraction of sp³-hybridized carbons (Fsp3) is 0.176. The summed E-state index contributed by atoms with van der Waals surface area (Å²) in [6, 6.07) is 16.7. The third-order valence-corrected chi connectivity index (χ3v) is 3.28. The Bertz CT molecular complexity index is 662. The fourth-order valence-electron chi connectivity index (χ4n) is 2.27. The van der Waals surface area contributed by atoms with Gasteiger partial charge in [-0.2, -0.15) is 0 Å². The van der Waals surface area contributed by atoms with Crippen molar-refractivity contribution in [3.8, 4) is 0 Å². The fourth-order valence-corrected chi connectivity index (χ4v) is 2.27. The van der Waals surface area contributed by atoms with Crippen LogP contribution in [0.3, 0.4) is 0 Å². The molecule has 0 bridgehead atoms. The Labute approximate surface area is 113 Å². The molecule has 2 heterocycles. The van der Waals surface area contributed by atoms with Crippen LogP contribution in [-0.4, -0.2) is 9.97 Å². The van der Waals surface area contributed by atoms with E-state index in [1.165, 1.54) is 16.6 Å². The van der Waals surface area contributed by atoms with Crippen LogP contribution in [0.1, 0.15) is 17.7 Å². The molecule has 0 unspecified atom stereocenters. The Kier molecular flexibility index (Phi) is 3.50. The van der Waals surface area contributed by atoms with E-state index < -0.39 is 0 Å². The lowest BCUT2D eigenvalue weighted by Gasteiger charge is -2.03. The van der Waals surface area contributed by atoms with Crippen LogP contribution < -0.4 is 0 Å². The molecule has 0 spiro atoms. The molecule has 1 aromatic carbocycles. The molecule has 0 N–H and O–H groups in total. The zero-order valence-corrected chi connectivity index (χ0v) is 10.8. The van der Waals surface area contributed by atoms with Crippen molar-refractivity contribution in [2.24, 2.45) is 0 Å². The molecule has 2 heteroatoms. The van der Waals surface area contributed by atoms with E-state index in [0.717, 1.165) is 24.8 Å². The van der Waals surface area contributed by atoms with E-state index in [2.05, 4.69) is 35.3 Å². The van der Waals surface area contributed by atoms with Gasteiger partial charge in [-0.3, -0.25) is 9.97 Å². The summed E-state index contributed by atoms with van der Waals surface area (Å²) in [4.78, 5) is 8.83. The number of aryl methyl sites for hydroxylation is 2. The topological polar surface area (TPSA) is 25.8 Å². The molecule has 19 heavy (non-hydrogen) atoms. The van der Waals surface area contributed by atoms with Gasteiger partial charge in [0, 0.05) is 23.5 Å².